The number of rotatable bonds is 3. The Labute approximate surface area is 170 Å². The first-order chi connectivity index (χ1) is 14.0. The van der Waals surface area contributed by atoms with Gasteiger partial charge in [0.05, 0.1) is 22.0 Å². The van der Waals surface area contributed by atoms with Crippen molar-refractivity contribution in [2.75, 3.05) is 13.6 Å². The SMILES string of the molecule is CNC(=O)c1ccc2c(c1)sc1nc(-c3ccc([C@@H]4C[C@@H](O)CN4)cc3F)cn12. The lowest BCUT2D eigenvalue weighted by Gasteiger charge is -2.11. The van der Waals surface area contributed by atoms with Gasteiger partial charge in [-0.25, -0.2) is 9.37 Å². The molecule has 2 aromatic carbocycles. The van der Waals surface area contributed by atoms with E-state index in [1.807, 2.05) is 28.8 Å². The molecule has 1 aliphatic rings. The van der Waals surface area contributed by atoms with Crippen molar-refractivity contribution in [2.24, 2.45) is 0 Å². The van der Waals surface area contributed by atoms with Crippen LogP contribution in [-0.2, 0) is 0 Å². The maximum Gasteiger partial charge on any atom is 0.251 e. The van der Waals surface area contributed by atoms with E-state index in [1.54, 1.807) is 19.2 Å². The molecule has 4 aromatic rings. The van der Waals surface area contributed by atoms with Gasteiger partial charge in [0.15, 0.2) is 4.96 Å². The first-order valence-electron chi connectivity index (χ1n) is 9.38. The van der Waals surface area contributed by atoms with E-state index in [9.17, 15) is 14.3 Å². The number of nitrogens with one attached hydrogen (secondary N) is 2. The Morgan fingerprint density at radius 2 is 2.21 bits per heavy atom. The second-order valence-corrected chi connectivity index (χ2v) is 8.24. The van der Waals surface area contributed by atoms with E-state index in [1.165, 1.54) is 17.4 Å². The molecule has 1 aliphatic heterocycles. The van der Waals surface area contributed by atoms with Crippen molar-refractivity contribution in [1.82, 2.24) is 20.0 Å². The second-order valence-electron chi connectivity index (χ2n) is 7.23. The van der Waals surface area contributed by atoms with E-state index < -0.39 is 0 Å². The third-order valence-electron chi connectivity index (χ3n) is 5.36. The summed E-state index contributed by atoms with van der Waals surface area (Å²) in [6, 6.07) is 10.6. The van der Waals surface area contributed by atoms with Crippen LogP contribution >= 0.6 is 11.3 Å². The van der Waals surface area contributed by atoms with Crippen LogP contribution in [0.3, 0.4) is 0 Å². The maximum atomic E-state index is 14.8. The molecule has 5 rings (SSSR count). The molecule has 3 heterocycles. The number of imidazole rings is 1. The van der Waals surface area contributed by atoms with E-state index in [0.29, 0.717) is 29.8 Å². The van der Waals surface area contributed by atoms with Gasteiger partial charge < -0.3 is 15.7 Å². The van der Waals surface area contributed by atoms with Gasteiger partial charge in [-0.3, -0.25) is 9.20 Å². The van der Waals surface area contributed by atoms with Gasteiger partial charge in [-0.05, 0) is 42.3 Å². The Bertz CT molecular complexity index is 1250. The van der Waals surface area contributed by atoms with Crippen molar-refractivity contribution in [3.05, 3.63) is 59.5 Å². The number of halogens is 1. The minimum Gasteiger partial charge on any atom is -0.392 e. The molecule has 0 bridgehead atoms. The van der Waals surface area contributed by atoms with E-state index >= 15 is 0 Å². The highest BCUT2D eigenvalue weighted by atomic mass is 32.1. The summed E-state index contributed by atoms with van der Waals surface area (Å²) < 4.78 is 17.7. The van der Waals surface area contributed by atoms with E-state index in [0.717, 1.165) is 20.7 Å². The zero-order valence-electron chi connectivity index (χ0n) is 15.6. The third kappa shape index (κ3) is 3.09. The third-order valence-corrected chi connectivity index (χ3v) is 6.38. The minimum absolute atomic E-state index is 0.0301. The number of carbonyl (C=O) groups excluding carboxylic acids is 1. The Kier molecular flexibility index (Phi) is 4.34. The standard InChI is InChI=1S/C21H19FN4O2S/c1-23-20(28)12-3-5-18-19(7-12)29-21-25-17(10-26(18)21)14-4-2-11(6-15(14)22)16-8-13(27)9-24-16/h2-7,10,13,16,24,27H,8-9H2,1H3,(H,23,28)/t13-,16+/m1/s1. The van der Waals surface area contributed by atoms with Gasteiger partial charge in [-0.2, -0.15) is 0 Å². The number of hydrogen-bond acceptors (Lipinski definition) is 5. The van der Waals surface area contributed by atoms with Crippen molar-refractivity contribution in [3.8, 4) is 11.3 Å². The molecule has 2 atom stereocenters. The predicted molar refractivity (Wildman–Crippen MR) is 111 cm³/mol. The van der Waals surface area contributed by atoms with Crippen LogP contribution in [-0.4, -0.2) is 40.1 Å². The molecule has 0 radical (unpaired) electrons. The highest BCUT2D eigenvalue weighted by Gasteiger charge is 2.24. The maximum absolute atomic E-state index is 14.8. The van der Waals surface area contributed by atoms with Crippen molar-refractivity contribution in [1.29, 1.82) is 0 Å². The lowest BCUT2D eigenvalue weighted by Crippen LogP contribution is -2.17. The number of hydrogen-bond donors (Lipinski definition) is 3. The molecule has 6 nitrogen and oxygen atoms in total. The zero-order valence-corrected chi connectivity index (χ0v) is 16.5. The fourth-order valence-electron chi connectivity index (χ4n) is 3.84. The molecule has 0 saturated carbocycles. The average Bonchev–Trinajstić information content (AvgIpc) is 3.41. The number of fused-ring (bicyclic) bond motifs is 3. The van der Waals surface area contributed by atoms with Crippen LogP contribution < -0.4 is 10.6 Å². The van der Waals surface area contributed by atoms with Crippen LogP contribution in [0.2, 0.25) is 0 Å². The number of amides is 1. The van der Waals surface area contributed by atoms with Crippen LogP contribution in [0.1, 0.15) is 28.4 Å². The fourth-order valence-corrected chi connectivity index (χ4v) is 4.89. The van der Waals surface area contributed by atoms with Gasteiger partial charge in [-0.15, -0.1) is 0 Å². The van der Waals surface area contributed by atoms with Crippen molar-refractivity contribution >= 4 is 32.4 Å². The first-order valence-corrected chi connectivity index (χ1v) is 10.2. The molecule has 0 spiro atoms. The Hall–Kier alpha value is -2.81. The molecule has 0 aliphatic carbocycles. The van der Waals surface area contributed by atoms with E-state index in [-0.39, 0.29) is 23.9 Å². The fraction of sp³-hybridized carbons (Fsp3) is 0.238. The summed E-state index contributed by atoms with van der Waals surface area (Å²) in [5.41, 5.74) is 3.36. The molecular formula is C21H19FN4O2S. The van der Waals surface area contributed by atoms with E-state index in [2.05, 4.69) is 15.6 Å². The lowest BCUT2D eigenvalue weighted by molar-refractivity contribution is 0.0963. The van der Waals surface area contributed by atoms with Crippen molar-refractivity contribution in [3.63, 3.8) is 0 Å². The Morgan fingerprint density at radius 3 is 2.93 bits per heavy atom. The molecule has 0 unspecified atom stereocenters. The largest absolute Gasteiger partial charge is 0.392 e. The number of aliphatic hydroxyl groups is 1. The predicted octanol–water partition coefficient (Wildman–Crippen LogP) is 3.11. The normalized spacial score (nSPS) is 19.3. The number of aromatic nitrogens is 2. The number of thiazole rings is 1. The summed E-state index contributed by atoms with van der Waals surface area (Å²) in [6.07, 6.45) is 2.02. The molecule has 1 amide bonds. The summed E-state index contributed by atoms with van der Waals surface area (Å²) >= 11 is 1.46. The van der Waals surface area contributed by atoms with Crippen molar-refractivity contribution < 1.29 is 14.3 Å². The second kappa shape index (κ2) is 6.91. The first kappa shape index (κ1) is 18.2. The molecule has 29 heavy (non-hydrogen) atoms. The summed E-state index contributed by atoms with van der Waals surface area (Å²) in [6.45, 7) is 0.528. The minimum atomic E-state index is -0.389. The van der Waals surface area contributed by atoms with E-state index in [4.69, 9.17) is 0 Å². The number of aliphatic hydroxyl groups excluding tert-OH is 1. The van der Waals surface area contributed by atoms with Crippen LogP contribution in [0.15, 0.2) is 42.6 Å². The number of benzene rings is 2. The lowest BCUT2D eigenvalue weighted by atomic mass is 10.0. The van der Waals surface area contributed by atoms with Crippen LogP contribution in [0, 0.1) is 5.82 Å². The molecule has 1 saturated heterocycles. The van der Waals surface area contributed by atoms with Crippen molar-refractivity contribution in [2.45, 2.75) is 18.6 Å². The van der Waals surface area contributed by atoms with Crippen LogP contribution in [0.4, 0.5) is 4.39 Å². The van der Waals surface area contributed by atoms with Gasteiger partial charge in [0, 0.05) is 37.0 Å². The van der Waals surface area contributed by atoms with Gasteiger partial charge in [0.1, 0.15) is 5.82 Å². The molecule has 148 valence electrons. The van der Waals surface area contributed by atoms with Gasteiger partial charge in [-0.1, -0.05) is 17.4 Å². The Balaban J connectivity index is 1.51. The molecule has 3 N–H and O–H groups in total. The molecular weight excluding hydrogens is 391 g/mol. The highest BCUT2D eigenvalue weighted by Crippen LogP contribution is 2.32. The number of nitrogens with zero attached hydrogens (tertiary/aromatic N) is 2. The monoisotopic (exact) mass is 410 g/mol. The number of β-amino-alcohol motifs (C(OH)–C–C–N with tert-alkyl or cyclic N) is 1. The smallest absolute Gasteiger partial charge is 0.251 e. The summed E-state index contributed by atoms with van der Waals surface area (Å²) in [4.78, 5) is 17.2. The van der Waals surface area contributed by atoms with Gasteiger partial charge in [0.25, 0.3) is 5.91 Å². The van der Waals surface area contributed by atoms with Crippen LogP contribution in [0.25, 0.3) is 26.4 Å². The van der Waals surface area contributed by atoms with Crippen LogP contribution in [0.5, 0.6) is 0 Å². The summed E-state index contributed by atoms with van der Waals surface area (Å²) in [5, 5.41) is 15.5. The van der Waals surface area contributed by atoms with Gasteiger partial charge >= 0.3 is 0 Å². The topological polar surface area (TPSA) is 78.7 Å². The number of carbonyl (C=O) groups is 1. The van der Waals surface area contributed by atoms with Gasteiger partial charge in [0.2, 0.25) is 0 Å². The summed E-state index contributed by atoms with van der Waals surface area (Å²) in [7, 11) is 1.60. The quantitative estimate of drug-likeness (QED) is 0.485. The molecule has 2 aromatic heterocycles. The summed E-state index contributed by atoms with van der Waals surface area (Å²) in [5.74, 6) is -0.465. The zero-order chi connectivity index (χ0) is 20.1. The highest BCUT2D eigenvalue weighted by molar-refractivity contribution is 7.23. The molecule has 1 fully saturated rings. The average molecular weight is 410 g/mol. The molecule has 8 heteroatoms. The Morgan fingerprint density at radius 1 is 1.34 bits per heavy atom.